The second kappa shape index (κ2) is 6.41. The van der Waals surface area contributed by atoms with Gasteiger partial charge in [-0.25, -0.2) is 9.97 Å². The highest BCUT2D eigenvalue weighted by molar-refractivity contribution is 5.67. The van der Waals surface area contributed by atoms with Crippen LogP contribution in [0, 0.1) is 11.3 Å². The Balaban J connectivity index is 1.80. The lowest BCUT2D eigenvalue weighted by atomic mass is 10.1. The molecule has 22 heavy (non-hydrogen) atoms. The number of nitrogens with zero attached hydrogens (tertiary/aromatic N) is 4. The average molecular weight is 295 g/mol. The third kappa shape index (κ3) is 3.15. The minimum atomic E-state index is -0.224. The Morgan fingerprint density at radius 2 is 1.95 bits per heavy atom. The lowest BCUT2D eigenvalue weighted by Crippen LogP contribution is -2.36. The van der Waals surface area contributed by atoms with Gasteiger partial charge in [-0.05, 0) is 37.1 Å². The lowest BCUT2D eigenvalue weighted by molar-refractivity contribution is 0.145. The summed E-state index contributed by atoms with van der Waals surface area (Å²) < 4.78 is 0. The molecule has 6 heteroatoms. The number of aliphatic hydroxyl groups is 1. The van der Waals surface area contributed by atoms with Crippen molar-refractivity contribution in [3.05, 3.63) is 42.2 Å². The molecule has 0 aliphatic carbocycles. The van der Waals surface area contributed by atoms with E-state index in [-0.39, 0.29) is 6.10 Å². The van der Waals surface area contributed by atoms with Crippen LogP contribution in [0.4, 0.5) is 17.3 Å². The van der Waals surface area contributed by atoms with Gasteiger partial charge in [-0.3, -0.25) is 0 Å². The van der Waals surface area contributed by atoms with Crippen LogP contribution in [-0.4, -0.2) is 34.3 Å². The summed E-state index contributed by atoms with van der Waals surface area (Å²) in [5.74, 6) is 0.500. The molecule has 6 nitrogen and oxygen atoms in total. The largest absolute Gasteiger partial charge is 0.393 e. The van der Waals surface area contributed by atoms with Crippen LogP contribution in [0.25, 0.3) is 0 Å². The fourth-order valence-electron chi connectivity index (χ4n) is 2.58. The summed E-state index contributed by atoms with van der Waals surface area (Å²) in [6.45, 7) is 1.54. The molecule has 2 aromatic rings. The zero-order valence-corrected chi connectivity index (χ0v) is 12.1. The Morgan fingerprint density at radius 3 is 2.64 bits per heavy atom. The molecule has 0 unspecified atom stereocenters. The molecule has 1 aliphatic heterocycles. The Morgan fingerprint density at radius 1 is 1.23 bits per heavy atom. The molecule has 0 amide bonds. The van der Waals surface area contributed by atoms with Crippen LogP contribution in [0.1, 0.15) is 18.4 Å². The van der Waals surface area contributed by atoms with Gasteiger partial charge in [0.2, 0.25) is 5.95 Å². The van der Waals surface area contributed by atoms with Crippen LogP contribution >= 0.6 is 0 Å². The first-order valence-corrected chi connectivity index (χ1v) is 7.27. The third-order valence-corrected chi connectivity index (χ3v) is 3.74. The van der Waals surface area contributed by atoms with E-state index < -0.39 is 0 Å². The highest BCUT2D eigenvalue weighted by atomic mass is 16.3. The minimum absolute atomic E-state index is 0.224. The topological polar surface area (TPSA) is 85.1 Å². The standard InChI is InChI=1S/C16H17N5O/c17-11-12-10-13(20-16-18-6-1-7-19-16)2-3-15(12)21-8-4-14(22)5-9-21/h1-3,6-7,10,14,22H,4-5,8-9H2,(H,18,19,20). The van der Waals surface area contributed by atoms with Crippen molar-refractivity contribution in [1.29, 1.82) is 5.26 Å². The predicted molar refractivity (Wildman–Crippen MR) is 83.9 cm³/mol. The maximum Gasteiger partial charge on any atom is 0.227 e. The number of nitrogens with one attached hydrogen (secondary N) is 1. The molecule has 0 spiro atoms. The average Bonchev–Trinajstić information content (AvgIpc) is 2.56. The SMILES string of the molecule is N#Cc1cc(Nc2ncccn2)ccc1N1CCC(O)CC1. The van der Waals surface area contributed by atoms with E-state index in [0.29, 0.717) is 11.5 Å². The van der Waals surface area contributed by atoms with Crippen molar-refractivity contribution in [2.45, 2.75) is 18.9 Å². The monoisotopic (exact) mass is 295 g/mol. The molecule has 2 N–H and O–H groups in total. The van der Waals surface area contributed by atoms with E-state index in [1.54, 1.807) is 24.5 Å². The Hall–Kier alpha value is -2.65. The molecular weight excluding hydrogens is 278 g/mol. The molecule has 0 saturated carbocycles. The van der Waals surface area contributed by atoms with Crippen molar-refractivity contribution in [3.63, 3.8) is 0 Å². The van der Waals surface area contributed by atoms with Crippen molar-refractivity contribution in [1.82, 2.24) is 9.97 Å². The number of hydrogen-bond acceptors (Lipinski definition) is 6. The van der Waals surface area contributed by atoms with Crippen LogP contribution in [0.15, 0.2) is 36.7 Å². The van der Waals surface area contributed by atoms with E-state index in [4.69, 9.17) is 0 Å². The second-order valence-electron chi connectivity index (χ2n) is 5.26. The van der Waals surface area contributed by atoms with Gasteiger partial charge in [-0.2, -0.15) is 5.26 Å². The van der Waals surface area contributed by atoms with E-state index in [1.165, 1.54) is 0 Å². The number of aliphatic hydroxyl groups excluding tert-OH is 1. The van der Waals surface area contributed by atoms with E-state index in [2.05, 4.69) is 26.3 Å². The number of piperidine rings is 1. The molecule has 1 saturated heterocycles. The molecule has 0 bridgehead atoms. The lowest BCUT2D eigenvalue weighted by Gasteiger charge is -2.32. The van der Waals surface area contributed by atoms with Gasteiger partial charge in [-0.15, -0.1) is 0 Å². The molecule has 112 valence electrons. The molecule has 2 heterocycles. The van der Waals surface area contributed by atoms with Crippen LogP contribution in [0.3, 0.4) is 0 Å². The van der Waals surface area contributed by atoms with E-state index >= 15 is 0 Å². The van der Waals surface area contributed by atoms with Gasteiger partial charge >= 0.3 is 0 Å². The van der Waals surface area contributed by atoms with E-state index in [0.717, 1.165) is 37.3 Å². The zero-order chi connectivity index (χ0) is 15.4. The maximum absolute atomic E-state index is 9.59. The van der Waals surface area contributed by atoms with Crippen molar-refractivity contribution in [2.75, 3.05) is 23.3 Å². The Labute approximate surface area is 129 Å². The Bertz CT molecular complexity index is 675. The molecule has 3 rings (SSSR count). The fraction of sp³-hybridized carbons (Fsp3) is 0.312. The molecule has 1 aliphatic rings. The number of aromatic nitrogens is 2. The molecule has 1 aromatic heterocycles. The van der Waals surface area contributed by atoms with Crippen LogP contribution in [0.2, 0.25) is 0 Å². The molecule has 1 fully saturated rings. The van der Waals surface area contributed by atoms with Gasteiger partial charge in [-0.1, -0.05) is 0 Å². The van der Waals surface area contributed by atoms with Gasteiger partial charge in [0.1, 0.15) is 6.07 Å². The molecule has 0 radical (unpaired) electrons. The first-order valence-electron chi connectivity index (χ1n) is 7.27. The first-order chi connectivity index (χ1) is 10.8. The quantitative estimate of drug-likeness (QED) is 0.901. The summed E-state index contributed by atoms with van der Waals surface area (Å²) in [4.78, 5) is 10.4. The second-order valence-corrected chi connectivity index (χ2v) is 5.26. The van der Waals surface area contributed by atoms with Crippen molar-refractivity contribution in [2.24, 2.45) is 0 Å². The van der Waals surface area contributed by atoms with Crippen LogP contribution < -0.4 is 10.2 Å². The fourth-order valence-corrected chi connectivity index (χ4v) is 2.58. The molecule has 1 aromatic carbocycles. The van der Waals surface area contributed by atoms with Gasteiger partial charge in [0.05, 0.1) is 17.4 Å². The molecular formula is C16H17N5O. The summed E-state index contributed by atoms with van der Waals surface area (Å²) >= 11 is 0. The number of rotatable bonds is 3. The zero-order valence-electron chi connectivity index (χ0n) is 12.1. The third-order valence-electron chi connectivity index (χ3n) is 3.74. The van der Waals surface area contributed by atoms with E-state index in [9.17, 15) is 10.4 Å². The van der Waals surface area contributed by atoms with Gasteiger partial charge in [0.15, 0.2) is 0 Å². The summed E-state index contributed by atoms with van der Waals surface area (Å²) in [6.07, 6.45) is 4.57. The van der Waals surface area contributed by atoms with E-state index in [1.807, 2.05) is 12.1 Å². The molecule has 0 atom stereocenters. The highest BCUT2D eigenvalue weighted by Gasteiger charge is 2.19. The summed E-state index contributed by atoms with van der Waals surface area (Å²) in [6, 6.07) is 9.64. The van der Waals surface area contributed by atoms with Crippen molar-refractivity contribution >= 4 is 17.3 Å². The number of hydrogen-bond donors (Lipinski definition) is 2. The highest BCUT2D eigenvalue weighted by Crippen LogP contribution is 2.27. The number of nitriles is 1. The van der Waals surface area contributed by atoms with Crippen LogP contribution in [0.5, 0.6) is 0 Å². The van der Waals surface area contributed by atoms with Gasteiger partial charge < -0.3 is 15.3 Å². The normalized spacial score (nSPS) is 15.4. The Kier molecular flexibility index (Phi) is 4.17. The predicted octanol–water partition coefficient (Wildman–Crippen LogP) is 2.05. The summed E-state index contributed by atoms with van der Waals surface area (Å²) in [5.41, 5.74) is 2.30. The van der Waals surface area contributed by atoms with Crippen molar-refractivity contribution in [3.8, 4) is 6.07 Å². The summed E-state index contributed by atoms with van der Waals surface area (Å²) in [7, 11) is 0. The minimum Gasteiger partial charge on any atom is -0.393 e. The number of benzene rings is 1. The van der Waals surface area contributed by atoms with Gasteiger partial charge in [0, 0.05) is 31.2 Å². The smallest absolute Gasteiger partial charge is 0.227 e. The van der Waals surface area contributed by atoms with Crippen molar-refractivity contribution < 1.29 is 5.11 Å². The first kappa shape index (κ1) is 14.3. The number of anilines is 3. The summed E-state index contributed by atoms with van der Waals surface area (Å²) in [5, 5.41) is 22.1. The van der Waals surface area contributed by atoms with Gasteiger partial charge in [0.25, 0.3) is 0 Å². The van der Waals surface area contributed by atoms with Crippen LogP contribution in [-0.2, 0) is 0 Å². The maximum atomic E-state index is 9.59.